The molecule has 2 aliphatic rings. The van der Waals surface area contributed by atoms with Gasteiger partial charge in [0.25, 0.3) is 15.9 Å². The second kappa shape index (κ2) is 8.16. The number of nitrogens with one attached hydrogen (secondary N) is 1. The number of carbonyl (C=O) groups is 1. The molecule has 0 saturated heterocycles. The SMILES string of the molecule is COCC(=O)N1CCCc2cc(NS(=O)(=O)c3ccc4c(c3)CCCC4)ccc21. The lowest BCUT2D eigenvalue weighted by Crippen LogP contribution is -2.37. The first-order valence-electron chi connectivity index (χ1n) is 10.0. The highest BCUT2D eigenvalue weighted by Gasteiger charge is 2.24. The van der Waals surface area contributed by atoms with Crippen LogP contribution in [-0.2, 0) is 38.8 Å². The van der Waals surface area contributed by atoms with Crippen LogP contribution in [0.15, 0.2) is 41.3 Å². The van der Waals surface area contributed by atoms with E-state index >= 15 is 0 Å². The van der Waals surface area contributed by atoms with Crippen LogP contribution in [0.4, 0.5) is 11.4 Å². The van der Waals surface area contributed by atoms with Crippen LogP contribution < -0.4 is 9.62 Å². The molecule has 0 aromatic heterocycles. The molecular weight excluding hydrogens is 388 g/mol. The largest absolute Gasteiger partial charge is 0.375 e. The molecule has 0 saturated carbocycles. The molecule has 0 unspecified atom stereocenters. The van der Waals surface area contributed by atoms with Gasteiger partial charge in [-0.1, -0.05) is 6.07 Å². The monoisotopic (exact) mass is 414 g/mol. The summed E-state index contributed by atoms with van der Waals surface area (Å²) in [6.07, 6.45) is 5.86. The van der Waals surface area contributed by atoms with Crippen molar-refractivity contribution in [1.82, 2.24) is 0 Å². The van der Waals surface area contributed by atoms with Crippen LogP contribution >= 0.6 is 0 Å². The van der Waals surface area contributed by atoms with Gasteiger partial charge in [0.1, 0.15) is 6.61 Å². The number of rotatable bonds is 5. The summed E-state index contributed by atoms with van der Waals surface area (Å²) in [7, 11) is -2.16. The average molecular weight is 415 g/mol. The van der Waals surface area contributed by atoms with E-state index in [9.17, 15) is 13.2 Å². The summed E-state index contributed by atoms with van der Waals surface area (Å²) in [5.41, 5.74) is 4.70. The minimum absolute atomic E-state index is 0.0339. The van der Waals surface area contributed by atoms with Crippen LogP contribution in [0, 0.1) is 0 Å². The summed E-state index contributed by atoms with van der Waals surface area (Å²) < 4.78 is 33.5. The summed E-state index contributed by atoms with van der Waals surface area (Å²) in [6, 6.07) is 10.8. The number of amides is 1. The van der Waals surface area contributed by atoms with E-state index in [4.69, 9.17) is 4.74 Å². The highest BCUT2D eigenvalue weighted by molar-refractivity contribution is 7.92. The molecule has 0 bridgehead atoms. The van der Waals surface area contributed by atoms with Crippen LogP contribution in [0.25, 0.3) is 0 Å². The van der Waals surface area contributed by atoms with Gasteiger partial charge in [0.15, 0.2) is 0 Å². The first kappa shape index (κ1) is 19.9. The van der Waals surface area contributed by atoms with E-state index in [1.807, 2.05) is 18.2 Å². The lowest BCUT2D eigenvalue weighted by Gasteiger charge is -2.29. The van der Waals surface area contributed by atoms with Crippen molar-refractivity contribution in [1.29, 1.82) is 0 Å². The fourth-order valence-corrected chi connectivity index (χ4v) is 5.31. The van der Waals surface area contributed by atoms with E-state index in [1.54, 1.807) is 23.1 Å². The standard InChI is InChI=1S/C22H26N2O4S/c1-28-15-22(25)24-12-4-7-18-13-19(9-11-21(18)24)23-29(26,27)20-10-8-16-5-2-3-6-17(16)14-20/h8-11,13-14,23H,2-7,12,15H2,1H3. The van der Waals surface area contributed by atoms with Gasteiger partial charge in [0, 0.05) is 25.0 Å². The Balaban J connectivity index is 1.57. The lowest BCUT2D eigenvalue weighted by atomic mass is 9.92. The number of benzene rings is 2. The molecule has 6 nitrogen and oxygen atoms in total. The average Bonchev–Trinajstić information content (AvgIpc) is 2.72. The molecular formula is C22H26N2O4S. The molecule has 1 heterocycles. The highest BCUT2D eigenvalue weighted by atomic mass is 32.2. The normalized spacial score (nSPS) is 16.1. The second-order valence-corrected chi connectivity index (χ2v) is 9.35. The molecule has 154 valence electrons. The van der Waals surface area contributed by atoms with Crippen LogP contribution in [0.2, 0.25) is 0 Å². The van der Waals surface area contributed by atoms with Gasteiger partial charge in [-0.25, -0.2) is 8.42 Å². The Labute approximate surface area is 171 Å². The third-order valence-electron chi connectivity index (χ3n) is 5.65. The molecule has 0 radical (unpaired) electrons. The van der Waals surface area contributed by atoms with Gasteiger partial charge in [-0.05, 0) is 85.5 Å². The number of methoxy groups -OCH3 is 1. The van der Waals surface area contributed by atoms with Crippen molar-refractivity contribution in [3.8, 4) is 0 Å². The topological polar surface area (TPSA) is 75.7 Å². The summed E-state index contributed by atoms with van der Waals surface area (Å²) in [5.74, 6) is -0.0872. The summed E-state index contributed by atoms with van der Waals surface area (Å²) >= 11 is 0. The van der Waals surface area contributed by atoms with E-state index in [1.165, 1.54) is 12.7 Å². The third kappa shape index (κ3) is 4.16. The summed E-state index contributed by atoms with van der Waals surface area (Å²) in [5, 5.41) is 0. The smallest absolute Gasteiger partial charge is 0.261 e. The van der Waals surface area contributed by atoms with Crippen molar-refractivity contribution >= 4 is 27.3 Å². The van der Waals surface area contributed by atoms with Crippen molar-refractivity contribution < 1.29 is 17.9 Å². The fraction of sp³-hybridized carbons (Fsp3) is 0.409. The predicted molar refractivity (Wildman–Crippen MR) is 113 cm³/mol. The van der Waals surface area contributed by atoms with E-state index < -0.39 is 10.0 Å². The number of hydrogen-bond donors (Lipinski definition) is 1. The number of carbonyl (C=O) groups excluding carboxylic acids is 1. The lowest BCUT2D eigenvalue weighted by molar-refractivity contribution is -0.122. The quantitative estimate of drug-likeness (QED) is 0.815. The zero-order valence-electron chi connectivity index (χ0n) is 16.6. The number of ether oxygens (including phenoxy) is 1. The minimum Gasteiger partial charge on any atom is -0.375 e. The van der Waals surface area contributed by atoms with Crippen molar-refractivity contribution in [3.63, 3.8) is 0 Å². The van der Waals surface area contributed by atoms with Gasteiger partial charge in [0.2, 0.25) is 0 Å². The highest BCUT2D eigenvalue weighted by Crippen LogP contribution is 2.31. The maximum atomic E-state index is 12.9. The second-order valence-electron chi connectivity index (χ2n) is 7.67. The van der Waals surface area contributed by atoms with Crippen molar-refractivity contribution in [2.75, 3.05) is 29.9 Å². The maximum absolute atomic E-state index is 12.9. The predicted octanol–water partition coefficient (Wildman–Crippen LogP) is 3.29. The van der Waals surface area contributed by atoms with E-state index in [0.717, 1.165) is 55.3 Å². The molecule has 0 spiro atoms. The molecule has 2 aromatic carbocycles. The zero-order chi connectivity index (χ0) is 20.4. The molecule has 1 N–H and O–H groups in total. The van der Waals surface area contributed by atoms with E-state index in [2.05, 4.69) is 4.72 Å². The molecule has 4 rings (SSSR count). The Morgan fingerprint density at radius 3 is 2.55 bits per heavy atom. The Morgan fingerprint density at radius 1 is 1.00 bits per heavy atom. The van der Waals surface area contributed by atoms with Crippen LogP contribution in [0.1, 0.15) is 36.0 Å². The molecule has 29 heavy (non-hydrogen) atoms. The molecule has 7 heteroatoms. The first-order chi connectivity index (χ1) is 14.0. The third-order valence-corrected chi connectivity index (χ3v) is 7.03. The molecule has 0 atom stereocenters. The molecule has 2 aromatic rings. The zero-order valence-corrected chi connectivity index (χ0v) is 17.4. The number of anilines is 2. The fourth-order valence-electron chi connectivity index (χ4n) is 4.21. The Bertz CT molecular complexity index is 1030. The number of fused-ring (bicyclic) bond motifs is 2. The van der Waals surface area contributed by atoms with Gasteiger partial charge in [-0.2, -0.15) is 0 Å². The van der Waals surface area contributed by atoms with Crippen molar-refractivity contribution in [3.05, 3.63) is 53.1 Å². The number of sulfonamides is 1. The van der Waals surface area contributed by atoms with Crippen LogP contribution in [0.3, 0.4) is 0 Å². The van der Waals surface area contributed by atoms with Crippen LogP contribution in [-0.4, -0.2) is 34.6 Å². The van der Waals surface area contributed by atoms with E-state index in [-0.39, 0.29) is 12.5 Å². The molecule has 0 fully saturated rings. The molecule has 1 aliphatic heterocycles. The number of aryl methyl sites for hydroxylation is 3. The Kier molecular flexibility index (Phi) is 5.61. The summed E-state index contributed by atoms with van der Waals surface area (Å²) in [6.45, 7) is 0.682. The maximum Gasteiger partial charge on any atom is 0.261 e. The number of nitrogens with zero attached hydrogens (tertiary/aromatic N) is 1. The Hall–Kier alpha value is -2.38. The summed E-state index contributed by atoms with van der Waals surface area (Å²) in [4.78, 5) is 14.3. The minimum atomic E-state index is -3.66. The van der Waals surface area contributed by atoms with Gasteiger partial charge in [-0.15, -0.1) is 0 Å². The van der Waals surface area contributed by atoms with Crippen LogP contribution in [0.5, 0.6) is 0 Å². The molecule has 1 amide bonds. The molecule has 1 aliphatic carbocycles. The Morgan fingerprint density at radius 2 is 1.76 bits per heavy atom. The number of hydrogen-bond acceptors (Lipinski definition) is 4. The van der Waals surface area contributed by atoms with Gasteiger partial charge < -0.3 is 9.64 Å². The van der Waals surface area contributed by atoms with Gasteiger partial charge in [0.05, 0.1) is 4.90 Å². The van der Waals surface area contributed by atoms with Gasteiger partial charge >= 0.3 is 0 Å². The van der Waals surface area contributed by atoms with E-state index in [0.29, 0.717) is 17.1 Å². The van der Waals surface area contributed by atoms with Crippen molar-refractivity contribution in [2.45, 2.75) is 43.4 Å². The first-order valence-corrected chi connectivity index (χ1v) is 11.5. The van der Waals surface area contributed by atoms with Gasteiger partial charge in [-0.3, -0.25) is 9.52 Å². The van der Waals surface area contributed by atoms with Crippen molar-refractivity contribution in [2.24, 2.45) is 0 Å².